The zero-order valence-electron chi connectivity index (χ0n) is 15.8. The summed E-state index contributed by atoms with van der Waals surface area (Å²) in [6.07, 6.45) is 2.18. The van der Waals surface area contributed by atoms with Crippen LogP contribution < -0.4 is 0 Å². The van der Waals surface area contributed by atoms with E-state index in [0.717, 1.165) is 19.6 Å². The van der Waals surface area contributed by atoms with Crippen molar-refractivity contribution >= 4 is 10.9 Å². The number of nitrogens with one attached hydrogen (secondary N) is 1. The molecule has 2 heteroatoms. The Labute approximate surface area is 161 Å². The van der Waals surface area contributed by atoms with Crippen LogP contribution in [0.15, 0.2) is 91.1 Å². The molecule has 136 valence electrons. The van der Waals surface area contributed by atoms with Gasteiger partial charge in [0, 0.05) is 36.7 Å². The molecular formula is C25H26N2. The molecule has 0 saturated heterocycles. The second-order valence-corrected chi connectivity index (χ2v) is 7.33. The molecule has 0 aliphatic carbocycles. The van der Waals surface area contributed by atoms with Crippen LogP contribution in [0.1, 0.15) is 29.5 Å². The van der Waals surface area contributed by atoms with Crippen molar-refractivity contribution in [2.24, 2.45) is 0 Å². The van der Waals surface area contributed by atoms with Crippen molar-refractivity contribution in [1.29, 1.82) is 0 Å². The molecule has 4 aromatic rings. The summed E-state index contributed by atoms with van der Waals surface area (Å²) in [5, 5.41) is 1.34. The summed E-state index contributed by atoms with van der Waals surface area (Å²) >= 11 is 0. The van der Waals surface area contributed by atoms with Gasteiger partial charge in [-0.05, 0) is 28.7 Å². The van der Waals surface area contributed by atoms with Gasteiger partial charge < -0.3 is 4.98 Å². The summed E-state index contributed by atoms with van der Waals surface area (Å²) in [4.78, 5) is 5.98. The molecule has 4 rings (SSSR count). The Kier molecular flexibility index (Phi) is 5.36. The molecule has 2 nitrogen and oxygen atoms in total. The first kappa shape index (κ1) is 17.6. The van der Waals surface area contributed by atoms with E-state index in [2.05, 4.69) is 108 Å². The van der Waals surface area contributed by atoms with Crippen LogP contribution >= 0.6 is 0 Å². The minimum absolute atomic E-state index is 0.452. The topological polar surface area (TPSA) is 19.0 Å². The van der Waals surface area contributed by atoms with Crippen molar-refractivity contribution < 1.29 is 0 Å². The largest absolute Gasteiger partial charge is 0.361 e. The van der Waals surface area contributed by atoms with Crippen LogP contribution in [0.25, 0.3) is 10.9 Å². The summed E-state index contributed by atoms with van der Waals surface area (Å²) in [6, 6.07) is 30.1. The van der Waals surface area contributed by atoms with Gasteiger partial charge in [0.1, 0.15) is 0 Å². The van der Waals surface area contributed by atoms with Crippen LogP contribution in [0.3, 0.4) is 0 Å². The van der Waals surface area contributed by atoms with Gasteiger partial charge in [-0.1, -0.05) is 85.8 Å². The molecule has 0 aliphatic heterocycles. The van der Waals surface area contributed by atoms with E-state index >= 15 is 0 Å². The van der Waals surface area contributed by atoms with Gasteiger partial charge in [0.15, 0.2) is 0 Å². The lowest BCUT2D eigenvalue weighted by Gasteiger charge is -2.26. The van der Waals surface area contributed by atoms with Crippen molar-refractivity contribution in [2.45, 2.75) is 25.9 Å². The molecule has 0 radical (unpaired) electrons. The maximum Gasteiger partial charge on any atom is 0.0456 e. The number of nitrogens with zero attached hydrogens (tertiary/aromatic N) is 1. The van der Waals surface area contributed by atoms with Crippen LogP contribution in [0, 0.1) is 0 Å². The van der Waals surface area contributed by atoms with E-state index in [4.69, 9.17) is 0 Å². The number of para-hydroxylation sites is 1. The molecule has 0 aliphatic rings. The first-order valence-corrected chi connectivity index (χ1v) is 9.66. The maximum atomic E-state index is 3.42. The molecule has 27 heavy (non-hydrogen) atoms. The Morgan fingerprint density at radius 2 is 1.30 bits per heavy atom. The third kappa shape index (κ3) is 4.29. The molecular weight excluding hydrogens is 328 g/mol. The molecule has 3 aromatic carbocycles. The first-order chi connectivity index (χ1) is 13.3. The quantitative estimate of drug-likeness (QED) is 0.433. The highest BCUT2D eigenvalue weighted by Crippen LogP contribution is 2.27. The Hall–Kier alpha value is -2.84. The molecule has 0 unspecified atom stereocenters. The van der Waals surface area contributed by atoms with Gasteiger partial charge in [0.2, 0.25) is 0 Å². The third-order valence-electron chi connectivity index (χ3n) is 5.18. The number of rotatable bonds is 7. The van der Waals surface area contributed by atoms with E-state index < -0.39 is 0 Å². The van der Waals surface area contributed by atoms with Gasteiger partial charge in [-0.2, -0.15) is 0 Å². The van der Waals surface area contributed by atoms with Crippen LogP contribution in [-0.4, -0.2) is 16.4 Å². The molecule has 1 N–H and O–H groups in total. The van der Waals surface area contributed by atoms with E-state index in [1.807, 2.05) is 0 Å². The van der Waals surface area contributed by atoms with Crippen molar-refractivity contribution in [3.05, 3.63) is 108 Å². The molecule has 1 heterocycles. The summed E-state index contributed by atoms with van der Waals surface area (Å²) in [5.41, 5.74) is 5.34. The molecule has 0 bridgehead atoms. The predicted octanol–water partition coefficient (Wildman–Crippen LogP) is 5.97. The lowest BCUT2D eigenvalue weighted by atomic mass is 9.99. The van der Waals surface area contributed by atoms with Gasteiger partial charge >= 0.3 is 0 Å². The Bertz CT molecular complexity index is 931. The SMILES string of the molecule is C[C@@H](CN(Cc1ccccc1)Cc1ccccc1)c1c[nH]c2ccccc12. The van der Waals surface area contributed by atoms with Gasteiger partial charge in [0.25, 0.3) is 0 Å². The minimum atomic E-state index is 0.452. The van der Waals surface area contributed by atoms with E-state index in [-0.39, 0.29) is 0 Å². The van der Waals surface area contributed by atoms with Crippen LogP contribution in [0.5, 0.6) is 0 Å². The molecule has 0 fully saturated rings. The Morgan fingerprint density at radius 3 is 1.93 bits per heavy atom. The van der Waals surface area contributed by atoms with Crippen LogP contribution in [0.4, 0.5) is 0 Å². The Balaban J connectivity index is 1.56. The van der Waals surface area contributed by atoms with Crippen molar-refractivity contribution in [3.8, 4) is 0 Å². The molecule has 1 aromatic heterocycles. The second kappa shape index (κ2) is 8.24. The Morgan fingerprint density at radius 1 is 0.741 bits per heavy atom. The lowest BCUT2D eigenvalue weighted by Crippen LogP contribution is -2.27. The molecule has 1 atom stereocenters. The van der Waals surface area contributed by atoms with Crippen molar-refractivity contribution in [1.82, 2.24) is 9.88 Å². The number of aromatic nitrogens is 1. The summed E-state index contributed by atoms with van der Waals surface area (Å²) in [6.45, 7) is 5.27. The summed E-state index contributed by atoms with van der Waals surface area (Å²) < 4.78 is 0. The standard InChI is InChI=1S/C25H26N2/c1-20(24-16-26-25-15-9-8-14-23(24)25)17-27(18-21-10-4-2-5-11-21)19-22-12-6-3-7-13-22/h2-16,20,26H,17-19H2,1H3/t20-/m0/s1. The van der Waals surface area contributed by atoms with Crippen molar-refractivity contribution in [2.75, 3.05) is 6.54 Å². The van der Waals surface area contributed by atoms with Gasteiger partial charge in [-0.25, -0.2) is 0 Å². The van der Waals surface area contributed by atoms with Crippen molar-refractivity contribution in [3.63, 3.8) is 0 Å². The number of hydrogen-bond donors (Lipinski definition) is 1. The molecule has 0 spiro atoms. The number of benzene rings is 3. The van der Waals surface area contributed by atoms with Gasteiger partial charge in [-0.15, -0.1) is 0 Å². The molecule has 0 amide bonds. The van der Waals surface area contributed by atoms with Crippen LogP contribution in [0.2, 0.25) is 0 Å². The van der Waals surface area contributed by atoms with E-state index in [9.17, 15) is 0 Å². The third-order valence-corrected chi connectivity index (χ3v) is 5.18. The summed E-state index contributed by atoms with van der Waals surface area (Å²) in [5.74, 6) is 0.452. The average molecular weight is 354 g/mol. The highest BCUT2D eigenvalue weighted by molar-refractivity contribution is 5.83. The van der Waals surface area contributed by atoms with Gasteiger partial charge in [-0.3, -0.25) is 4.90 Å². The normalized spacial score (nSPS) is 12.5. The maximum absolute atomic E-state index is 3.42. The van der Waals surface area contributed by atoms with Gasteiger partial charge in [0.05, 0.1) is 0 Å². The zero-order valence-corrected chi connectivity index (χ0v) is 15.8. The highest BCUT2D eigenvalue weighted by atomic mass is 15.1. The van der Waals surface area contributed by atoms with Crippen LogP contribution in [-0.2, 0) is 13.1 Å². The fourth-order valence-electron chi connectivity index (χ4n) is 3.86. The summed E-state index contributed by atoms with van der Waals surface area (Å²) in [7, 11) is 0. The number of hydrogen-bond acceptors (Lipinski definition) is 1. The van der Waals surface area contributed by atoms with E-state index in [1.165, 1.54) is 27.6 Å². The smallest absolute Gasteiger partial charge is 0.0456 e. The molecule has 0 saturated carbocycles. The van der Waals surface area contributed by atoms with E-state index in [1.54, 1.807) is 0 Å². The first-order valence-electron chi connectivity index (χ1n) is 9.66. The van der Waals surface area contributed by atoms with E-state index in [0.29, 0.717) is 5.92 Å². The fraction of sp³-hybridized carbons (Fsp3) is 0.200. The average Bonchev–Trinajstić information content (AvgIpc) is 3.14. The number of aromatic amines is 1. The minimum Gasteiger partial charge on any atom is -0.361 e. The zero-order chi connectivity index (χ0) is 18.5. The lowest BCUT2D eigenvalue weighted by molar-refractivity contribution is 0.244. The number of H-pyrrole nitrogens is 1. The monoisotopic (exact) mass is 354 g/mol. The highest BCUT2D eigenvalue weighted by Gasteiger charge is 2.16. The predicted molar refractivity (Wildman–Crippen MR) is 114 cm³/mol. The fourth-order valence-corrected chi connectivity index (χ4v) is 3.86. The second-order valence-electron chi connectivity index (χ2n) is 7.33. The number of fused-ring (bicyclic) bond motifs is 1.